The van der Waals surface area contributed by atoms with E-state index in [0.29, 0.717) is 5.89 Å². The van der Waals surface area contributed by atoms with Crippen molar-refractivity contribution in [2.75, 3.05) is 31.2 Å². The van der Waals surface area contributed by atoms with Crippen molar-refractivity contribution in [1.82, 2.24) is 4.98 Å². The van der Waals surface area contributed by atoms with Crippen molar-refractivity contribution >= 4 is 28.9 Å². The van der Waals surface area contributed by atoms with Crippen molar-refractivity contribution in [3.63, 3.8) is 0 Å². The summed E-state index contributed by atoms with van der Waals surface area (Å²) < 4.78 is 11.1. The largest absolute Gasteiger partial charge is 0.437 e. The van der Waals surface area contributed by atoms with Crippen LogP contribution in [0.3, 0.4) is 0 Å². The van der Waals surface area contributed by atoms with E-state index >= 15 is 0 Å². The minimum Gasteiger partial charge on any atom is -0.437 e. The van der Waals surface area contributed by atoms with Gasteiger partial charge in [-0.15, -0.1) is 0 Å². The van der Waals surface area contributed by atoms with Gasteiger partial charge in [-0.3, -0.25) is 0 Å². The Kier molecular flexibility index (Phi) is 4.05. The van der Waals surface area contributed by atoms with Gasteiger partial charge in [0.2, 0.25) is 5.89 Å². The lowest BCUT2D eigenvalue weighted by molar-refractivity contribution is 0.122. The fourth-order valence-corrected chi connectivity index (χ4v) is 2.91. The molecule has 1 aliphatic heterocycles. The maximum absolute atomic E-state index is 5.74. The predicted octanol–water partition coefficient (Wildman–Crippen LogP) is 4.14. The standard InChI is InChI=1S/C20H20N2O2/c1-15-2-8-19-18(14-15)21-20(24-19)9-5-16-3-6-17(7-4-16)22-10-12-23-13-11-22/h2-9,14H,10-13H2,1H3/b9-5+. The Hall–Kier alpha value is -2.59. The van der Waals surface area contributed by atoms with Gasteiger partial charge in [0, 0.05) is 24.9 Å². The van der Waals surface area contributed by atoms with Crippen LogP contribution in [-0.2, 0) is 4.74 Å². The maximum atomic E-state index is 5.74. The van der Waals surface area contributed by atoms with Crippen molar-refractivity contribution in [2.45, 2.75) is 6.92 Å². The number of fused-ring (bicyclic) bond motifs is 1. The van der Waals surface area contributed by atoms with Crippen molar-refractivity contribution in [2.24, 2.45) is 0 Å². The molecular weight excluding hydrogens is 300 g/mol. The van der Waals surface area contributed by atoms with Gasteiger partial charge in [-0.05, 0) is 48.4 Å². The number of aromatic nitrogens is 1. The molecule has 0 N–H and O–H groups in total. The van der Waals surface area contributed by atoms with Crippen LogP contribution in [0.15, 0.2) is 46.9 Å². The molecule has 0 bridgehead atoms. The molecule has 0 saturated carbocycles. The molecule has 0 atom stereocenters. The van der Waals surface area contributed by atoms with Gasteiger partial charge >= 0.3 is 0 Å². The fourth-order valence-electron chi connectivity index (χ4n) is 2.91. The van der Waals surface area contributed by atoms with E-state index in [1.165, 1.54) is 11.3 Å². The van der Waals surface area contributed by atoms with Gasteiger partial charge in [-0.25, -0.2) is 4.98 Å². The van der Waals surface area contributed by atoms with Crippen LogP contribution in [0.2, 0.25) is 0 Å². The summed E-state index contributed by atoms with van der Waals surface area (Å²) in [5.41, 5.74) is 5.28. The SMILES string of the molecule is Cc1ccc2oc(/C=C/c3ccc(N4CCOCC4)cc3)nc2c1. The number of anilines is 1. The first-order chi connectivity index (χ1) is 11.8. The quantitative estimate of drug-likeness (QED) is 0.727. The zero-order valence-electron chi connectivity index (χ0n) is 13.7. The second kappa shape index (κ2) is 6.49. The van der Waals surface area contributed by atoms with Crippen molar-refractivity contribution in [3.05, 3.63) is 59.5 Å². The van der Waals surface area contributed by atoms with E-state index < -0.39 is 0 Å². The zero-order valence-corrected chi connectivity index (χ0v) is 13.7. The number of oxazole rings is 1. The summed E-state index contributed by atoms with van der Waals surface area (Å²) in [6.45, 7) is 5.58. The van der Waals surface area contributed by atoms with Crippen LogP contribution in [0.4, 0.5) is 5.69 Å². The van der Waals surface area contributed by atoms with Crippen LogP contribution in [0.5, 0.6) is 0 Å². The van der Waals surface area contributed by atoms with E-state index in [-0.39, 0.29) is 0 Å². The van der Waals surface area contributed by atoms with E-state index in [4.69, 9.17) is 9.15 Å². The molecule has 122 valence electrons. The highest BCUT2D eigenvalue weighted by Gasteiger charge is 2.10. The summed E-state index contributed by atoms with van der Waals surface area (Å²) in [4.78, 5) is 6.85. The van der Waals surface area contributed by atoms with E-state index in [2.05, 4.69) is 41.1 Å². The molecule has 1 aliphatic rings. The normalized spacial score (nSPS) is 15.5. The summed E-state index contributed by atoms with van der Waals surface area (Å²) in [6, 6.07) is 14.6. The number of hydrogen-bond acceptors (Lipinski definition) is 4. The lowest BCUT2D eigenvalue weighted by Gasteiger charge is -2.28. The summed E-state index contributed by atoms with van der Waals surface area (Å²) in [5, 5.41) is 0. The molecule has 0 radical (unpaired) electrons. The molecule has 24 heavy (non-hydrogen) atoms. The minimum atomic E-state index is 0.632. The van der Waals surface area contributed by atoms with Gasteiger partial charge in [-0.1, -0.05) is 18.2 Å². The van der Waals surface area contributed by atoms with Crippen molar-refractivity contribution in [1.29, 1.82) is 0 Å². The molecular formula is C20H20N2O2. The monoisotopic (exact) mass is 320 g/mol. The Labute approximate surface area is 141 Å². The molecule has 4 rings (SSSR count). The third-order valence-electron chi connectivity index (χ3n) is 4.25. The van der Waals surface area contributed by atoms with Crippen LogP contribution >= 0.6 is 0 Å². The Bertz CT molecular complexity index is 859. The smallest absolute Gasteiger partial charge is 0.220 e. The highest BCUT2D eigenvalue weighted by molar-refractivity contribution is 5.76. The van der Waals surface area contributed by atoms with E-state index in [1.54, 1.807) is 0 Å². The van der Waals surface area contributed by atoms with Crippen LogP contribution < -0.4 is 4.90 Å². The number of morpholine rings is 1. The van der Waals surface area contributed by atoms with E-state index in [0.717, 1.165) is 43.0 Å². The van der Waals surface area contributed by atoms with Gasteiger partial charge in [0.1, 0.15) is 5.52 Å². The van der Waals surface area contributed by atoms with Crippen LogP contribution in [0, 0.1) is 6.92 Å². The van der Waals surface area contributed by atoms with Gasteiger partial charge in [-0.2, -0.15) is 0 Å². The molecule has 1 fully saturated rings. The number of nitrogens with zero attached hydrogens (tertiary/aromatic N) is 2. The Morgan fingerprint density at radius 2 is 1.79 bits per heavy atom. The molecule has 1 aromatic heterocycles. The molecule has 4 heteroatoms. The van der Waals surface area contributed by atoms with Crippen molar-refractivity contribution < 1.29 is 9.15 Å². The molecule has 0 amide bonds. The molecule has 0 aliphatic carbocycles. The Morgan fingerprint density at radius 3 is 2.58 bits per heavy atom. The first kappa shape index (κ1) is 15.0. The molecule has 3 aromatic rings. The first-order valence-electron chi connectivity index (χ1n) is 8.26. The number of hydrogen-bond donors (Lipinski definition) is 0. The molecule has 1 saturated heterocycles. The number of ether oxygens (including phenoxy) is 1. The van der Waals surface area contributed by atoms with E-state index in [9.17, 15) is 0 Å². The summed E-state index contributed by atoms with van der Waals surface area (Å²) in [7, 11) is 0. The summed E-state index contributed by atoms with van der Waals surface area (Å²) in [6.07, 6.45) is 3.94. The molecule has 4 nitrogen and oxygen atoms in total. The average molecular weight is 320 g/mol. The average Bonchev–Trinajstić information content (AvgIpc) is 3.03. The molecule has 2 aromatic carbocycles. The van der Waals surface area contributed by atoms with Crippen molar-refractivity contribution in [3.8, 4) is 0 Å². The van der Waals surface area contributed by atoms with Gasteiger partial charge in [0.25, 0.3) is 0 Å². The molecule has 0 spiro atoms. The van der Waals surface area contributed by atoms with Gasteiger partial charge in [0.05, 0.1) is 13.2 Å². The maximum Gasteiger partial charge on any atom is 0.220 e. The first-order valence-corrected chi connectivity index (χ1v) is 8.26. The third-order valence-corrected chi connectivity index (χ3v) is 4.25. The van der Waals surface area contributed by atoms with Crippen LogP contribution in [-0.4, -0.2) is 31.3 Å². The van der Waals surface area contributed by atoms with Gasteiger partial charge < -0.3 is 14.1 Å². The predicted molar refractivity (Wildman–Crippen MR) is 97.1 cm³/mol. The topological polar surface area (TPSA) is 38.5 Å². The summed E-state index contributed by atoms with van der Waals surface area (Å²) in [5.74, 6) is 0.632. The second-order valence-corrected chi connectivity index (χ2v) is 6.05. The number of benzene rings is 2. The lowest BCUT2D eigenvalue weighted by Crippen LogP contribution is -2.36. The zero-order chi connectivity index (χ0) is 16.4. The number of rotatable bonds is 3. The highest BCUT2D eigenvalue weighted by Crippen LogP contribution is 2.20. The Morgan fingerprint density at radius 1 is 1.00 bits per heavy atom. The highest BCUT2D eigenvalue weighted by atomic mass is 16.5. The lowest BCUT2D eigenvalue weighted by atomic mass is 10.1. The second-order valence-electron chi connectivity index (χ2n) is 6.05. The molecule has 0 unspecified atom stereocenters. The van der Waals surface area contributed by atoms with E-state index in [1.807, 2.05) is 30.4 Å². The molecule has 2 heterocycles. The minimum absolute atomic E-state index is 0.632. The fraction of sp³-hybridized carbons (Fsp3) is 0.250. The van der Waals surface area contributed by atoms with Crippen LogP contribution in [0.1, 0.15) is 17.0 Å². The third kappa shape index (κ3) is 3.19. The van der Waals surface area contributed by atoms with Crippen LogP contribution in [0.25, 0.3) is 23.3 Å². The number of aryl methyl sites for hydroxylation is 1. The van der Waals surface area contributed by atoms with Gasteiger partial charge in [0.15, 0.2) is 5.58 Å². The Balaban J connectivity index is 1.50. The summed E-state index contributed by atoms with van der Waals surface area (Å²) >= 11 is 0.